The summed E-state index contributed by atoms with van der Waals surface area (Å²) in [4.78, 5) is 24.4. The minimum absolute atomic E-state index is 0.0207. The highest BCUT2D eigenvalue weighted by atomic mass is 16.6. The molecule has 0 spiro atoms. The number of hydrogen-bond donors (Lipinski definition) is 0. The van der Waals surface area contributed by atoms with Gasteiger partial charge in [0.1, 0.15) is 11.9 Å². The van der Waals surface area contributed by atoms with Crippen LogP contribution in [0.2, 0.25) is 0 Å². The lowest BCUT2D eigenvalue weighted by Crippen LogP contribution is -2.44. The predicted molar refractivity (Wildman–Crippen MR) is 65.8 cm³/mol. The molecule has 0 heterocycles. The molecule has 17 heavy (non-hydrogen) atoms. The monoisotopic (exact) mass is 241 g/mol. The lowest BCUT2D eigenvalue weighted by atomic mass is 10.1. The summed E-state index contributed by atoms with van der Waals surface area (Å²) in [6.45, 7) is 8.06. The maximum atomic E-state index is 12.0. The largest absolute Gasteiger partial charge is 0.444 e. The van der Waals surface area contributed by atoms with Gasteiger partial charge in [0.15, 0.2) is 0 Å². The van der Waals surface area contributed by atoms with Crippen LogP contribution in [0.1, 0.15) is 47.0 Å². The van der Waals surface area contributed by atoms with Gasteiger partial charge in [-0.2, -0.15) is 0 Å². The van der Waals surface area contributed by atoms with Gasteiger partial charge in [-0.1, -0.05) is 0 Å². The third-order valence-corrected chi connectivity index (χ3v) is 2.87. The minimum atomic E-state index is -0.486. The average molecular weight is 241 g/mol. The zero-order valence-corrected chi connectivity index (χ0v) is 11.2. The summed E-state index contributed by atoms with van der Waals surface area (Å²) in [7, 11) is 0. The van der Waals surface area contributed by atoms with Crippen LogP contribution in [-0.4, -0.2) is 35.5 Å². The number of rotatable bonds is 5. The van der Waals surface area contributed by atoms with Crippen molar-refractivity contribution in [3.63, 3.8) is 0 Å². The normalized spacial score (nSPS) is 17.4. The molecule has 4 heteroatoms. The summed E-state index contributed by atoms with van der Waals surface area (Å²) < 4.78 is 5.37. The quantitative estimate of drug-likeness (QED) is 0.695. The van der Waals surface area contributed by atoms with Crippen molar-refractivity contribution >= 4 is 12.4 Å². The van der Waals surface area contributed by atoms with Crippen LogP contribution in [0.25, 0.3) is 0 Å². The number of ether oxygens (including phenoxy) is 1. The van der Waals surface area contributed by atoms with E-state index in [1.807, 2.05) is 27.7 Å². The van der Waals surface area contributed by atoms with E-state index in [0.29, 0.717) is 18.9 Å². The van der Waals surface area contributed by atoms with E-state index in [2.05, 4.69) is 0 Å². The molecule has 0 radical (unpaired) electrons. The van der Waals surface area contributed by atoms with Crippen LogP contribution in [-0.2, 0) is 9.53 Å². The Labute approximate surface area is 103 Å². The van der Waals surface area contributed by atoms with Crippen LogP contribution in [0.3, 0.4) is 0 Å². The number of nitrogens with zero attached hydrogens (tertiary/aromatic N) is 1. The van der Waals surface area contributed by atoms with Crippen molar-refractivity contribution in [3.8, 4) is 0 Å². The van der Waals surface area contributed by atoms with E-state index in [-0.39, 0.29) is 12.1 Å². The Hall–Kier alpha value is -1.06. The second-order valence-corrected chi connectivity index (χ2v) is 5.57. The Morgan fingerprint density at radius 3 is 2.41 bits per heavy atom. The van der Waals surface area contributed by atoms with Gasteiger partial charge < -0.3 is 14.4 Å². The Bertz CT molecular complexity index is 279. The molecule has 1 atom stereocenters. The molecule has 0 N–H and O–H groups in total. The summed E-state index contributed by atoms with van der Waals surface area (Å²) in [5.74, 6) is 0.479. The van der Waals surface area contributed by atoms with E-state index in [4.69, 9.17) is 4.74 Å². The molecule has 4 nitrogen and oxygen atoms in total. The summed E-state index contributed by atoms with van der Waals surface area (Å²) in [5.41, 5.74) is -0.486. The van der Waals surface area contributed by atoms with Crippen molar-refractivity contribution in [2.45, 2.75) is 58.6 Å². The highest BCUT2D eigenvalue weighted by molar-refractivity contribution is 5.69. The molecule has 0 aromatic carbocycles. The molecule has 0 aromatic heterocycles. The molecule has 0 bridgehead atoms. The van der Waals surface area contributed by atoms with E-state index in [0.717, 1.165) is 19.1 Å². The Morgan fingerprint density at radius 1 is 1.47 bits per heavy atom. The number of aldehydes is 1. The average Bonchev–Trinajstić information content (AvgIpc) is 2.97. The standard InChI is InChI=1S/C13H23NO3/c1-5-14(12(16)17-13(2,3)4)11(8-9-15)10-6-7-10/h9-11H,5-8H2,1-4H3. The Kier molecular flexibility index (Phi) is 4.54. The summed E-state index contributed by atoms with van der Waals surface area (Å²) in [6.07, 6.45) is 3.22. The molecule has 1 aliphatic rings. The van der Waals surface area contributed by atoms with Crippen molar-refractivity contribution in [3.05, 3.63) is 0 Å². The first-order chi connectivity index (χ1) is 7.89. The molecule has 0 saturated heterocycles. The topological polar surface area (TPSA) is 46.6 Å². The molecular weight excluding hydrogens is 218 g/mol. The Morgan fingerprint density at radius 2 is 2.06 bits per heavy atom. The van der Waals surface area contributed by atoms with Crippen molar-refractivity contribution in [1.29, 1.82) is 0 Å². The molecule has 1 saturated carbocycles. The summed E-state index contributed by atoms with van der Waals surface area (Å²) in [5, 5.41) is 0. The fraction of sp³-hybridized carbons (Fsp3) is 0.846. The highest BCUT2D eigenvalue weighted by Crippen LogP contribution is 2.37. The van der Waals surface area contributed by atoms with Gasteiger partial charge in [0, 0.05) is 19.0 Å². The fourth-order valence-corrected chi connectivity index (χ4v) is 1.97. The molecule has 1 unspecified atom stereocenters. The van der Waals surface area contributed by atoms with Gasteiger partial charge in [0.2, 0.25) is 0 Å². The maximum Gasteiger partial charge on any atom is 0.410 e. The first-order valence-corrected chi connectivity index (χ1v) is 6.32. The molecular formula is C13H23NO3. The van der Waals surface area contributed by atoms with Crippen LogP contribution in [0.15, 0.2) is 0 Å². The molecule has 1 rings (SSSR count). The van der Waals surface area contributed by atoms with Crippen molar-refractivity contribution in [2.75, 3.05) is 6.54 Å². The van der Waals surface area contributed by atoms with Crippen LogP contribution >= 0.6 is 0 Å². The molecule has 1 amide bonds. The van der Waals surface area contributed by atoms with E-state index in [1.54, 1.807) is 4.90 Å². The molecule has 98 valence electrons. The van der Waals surface area contributed by atoms with Crippen molar-refractivity contribution in [2.24, 2.45) is 5.92 Å². The highest BCUT2D eigenvalue weighted by Gasteiger charge is 2.37. The minimum Gasteiger partial charge on any atom is -0.444 e. The van der Waals surface area contributed by atoms with Crippen LogP contribution < -0.4 is 0 Å². The van der Waals surface area contributed by atoms with Crippen LogP contribution in [0.4, 0.5) is 4.79 Å². The fourth-order valence-electron chi connectivity index (χ4n) is 1.97. The van der Waals surface area contributed by atoms with Gasteiger partial charge in [0.05, 0.1) is 0 Å². The molecule has 0 aliphatic heterocycles. The molecule has 1 aliphatic carbocycles. The zero-order chi connectivity index (χ0) is 13.1. The lowest BCUT2D eigenvalue weighted by molar-refractivity contribution is -0.109. The summed E-state index contributed by atoms with van der Waals surface area (Å²) in [6, 6.07) is 0.0207. The smallest absolute Gasteiger partial charge is 0.410 e. The van der Waals surface area contributed by atoms with Gasteiger partial charge in [-0.05, 0) is 46.5 Å². The zero-order valence-electron chi connectivity index (χ0n) is 11.2. The van der Waals surface area contributed by atoms with Gasteiger partial charge in [-0.3, -0.25) is 0 Å². The molecule has 1 fully saturated rings. The van der Waals surface area contributed by atoms with Crippen LogP contribution in [0, 0.1) is 5.92 Å². The SMILES string of the molecule is CCN(C(=O)OC(C)(C)C)C(CC=O)C1CC1. The Balaban J connectivity index is 2.66. The van der Waals surface area contributed by atoms with Gasteiger partial charge in [-0.25, -0.2) is 4.79 Å². The number of carbonyl (C=O) groups is 2. The van der Waals surface area contributed by atoms with Gasteiger partial charge in [0.25, 0.3) is 0 Å². The van der Waals surface area contributed by atoms with E-state index < -0.39 is 5.60 Å². The van der Waals surface area contributed by atoms with Crippen LogP contribution in [0.5, 0.6) is 0 Å². The first-order valence-electron chi connectivity index (χ1n) is 6.32. The predicted octanol–water partition coefficient (Wildman–Crippen LogP) is 2.61. The van der Waals surface area contributed by atoms with E-state index in [9.17, 15) is 9.59 Å². The van der Waals surface area contributed by atoms with Crippen molar-refractivity contribution in [1.82, 2.24) is 4.90 Å². The van der Waals surface area contributed by atoms with E-state index >= 15 is 0 Å². The van der Waals surface area contributed by atoms with Crippen molar-refractivity contribution < 1.29 is 14.3 Å². The maximum absolute atomic E-state index is 12.0. The second kappa shape index (κ2) is 5.52. The second-order valence-electron chi connectivity index (χ2n) is 5.57. The number of hydrogen-bond acceptors (Lipinski definition) is 3. The lowest BCUT2D eigenvalue weighted by Gasteiger charge is -2.32. The van der Waals surface area contributed by atoms with E-state index in [1.165, 1.54) is 0 Å². The third kappa shape index (κ3) is 4.36. The number of amides is 1. The van der Waals surface area contributed by atoms with Gasteiger partial charge >= 0.3 is 6.09 Å². The summed E-state index contributed by atoms with van der Waals surface area (Å²) >= 11 is 0. The molecule has 0 aromatic rings. The van der Waals surface area contributed by atoms with Gasteiger partial charge in [-0.15, -0.1) is 0 Å². The number of carbonyl (C=O) groups excluding carboxylic acids is 2. The third-order valence-electron chi connectivity index (χ3n) is 2.87. The first kappa shape index (κ1) is 14.0.